The second kappa shape index (κ2) is 7.27. The van der Waals surface area contributed by atoms with Gasteiger partial charge >= 0.3 is 6.03 Å². The van der Waals surface area contributed by atoms with Crippen LogP contribution in [-0.2, 0) is 10.3 Å². The summed E-state index contributed by atoms with van der Waals surface area (Å²) in [6.07, 6.45) is 1.56. The van der Waals surface area contributed by atoms with Crippen LogP contribution in [0.5, 0.6) is 0 Å². The molecule has 0 radical (unpaired) electrons. The average Bonchev–Trinajstić information content (AvgIpc) is 3.35. The summed E-state index contributed by atoms with van der Waals surface area (Å²) >= 11 is 0. The van der Waals surface area contributed by atoms with Gasteiger partial charge in [0.05, 0.1) is 6.26 Å². The van der Waals surface area contributed by atoms with Gasteiger partial charge in [0.25, 0.3) is 11.8 Å². The first-order valence-electron chi connectivity index (χ1n) is 9.11. The van der Waals surface area contributed by atoms with E-state index in [0.29, 0.717) is 16.9 Å². The Morgan fingerprint density at radius 3 is 2.31 bits per heavy atom. The van der Waals surface area contributed by atoms with Crippen LogP contribution in [0.15, 0.2) is 77.4 Å². The topological polar surface area (TPSA) is 100 Å². The standard InChI is InChI=1S/C22H19N3O4/c1-22(20(27)24-21(28)25-22)16-11-9-15(10-12-16)19(26)23-18(17-8-5-13-29-17)14-6-3-2-4-7-14/h2-13,18H,1H3,(H,23,26)(H2,24,25,27,28). The fraction of sp³-hybridized carbons (Fsp3) is 0.136. The molecule has 1 aromatic heterocycles. The van der Waals surface area contributed by atoms with Gasteiger partial charge in [-0.1, -0.05) is 42.5 Å². The number of benzene rings is 2. The summed E-state index contributed by atoms with van der Waals surface area (Å²) in [7, 11) is 0. The Bertz CT molecular complexity index is 1050. The molecule has 4 rings (SSSR count). The van der Waals surface area contributed by atoms with Gasteiger partial charge in [0.15, 0.2) is 0 Å². The number of amides is 4. The Balaban J connectivity index is 1.56. The maximum atomic E-state index is 12.9. The van der Waals surface area contributed by atoms with Crippen molar-refractivity contribution < 1.29 is 18.8 Å². The van der Waals surface area contributed by atoms with E-state index in [-0.39, 0.29) is 5.91 Å². The Morgan fingerprint density at radius 2 is 1.72 bits per heavy atom. The van der Waals surface area contributed by atoms with Crippen LogP contribution in [0.2, 0.25) is 0 Å². The number of carbonyl (C=O) groups excluding carboxylic acids is 3. The van der Waals surface area contributed by atoms with Crippen molar-refractivity contribution in [3.05, 3.63) is 95.4 Å². The van der Waals surface area contributed by atoms with E-state index in [1.807, 2.05) is 36.4 Å². The largest absolute Gasteiger partial charge is 0.467 e. The molecule has 4 amide bonds. The highest BCUT2D eigenvalue weighted by atomic mass is 16.3. The van der Waals surface area contributed by atoms with Crippen molar-refractivity contribution in [1.82, 2.24) is 16.0 Å². The van der Waals surface area contributed by atoms with Gasteiger partial charge in [-0.25, -0.2) is 4.79 Å². The third-order valence-electron chi connectivity index (χ3n) is 5.01. The highest BCUT2D eigenvalue weighted by molar-refractivity contribution is 6.07. The zero-order valence-electron chi connectivity index (χ0n) is 15.6. The van der Waals surface area contributed by atoms with Gasteiger partial charge in [0.1, 0.15) is 17.3 Å². The van der Waals surface area contributed by atoms with Gasteiger partial charge in [-0.15, -0.1) is 0 Å². The van der Waals surface area contributed by atoms with E-state index < -0.39 is 23.5 Å². The number of imide groups is 1. The quantitative estimate of drug-likeness (QED) is 0.584. The number of urea groups is 1. The molecule has 0 spiro atoms. The number of rotatable bonds is 5. The summed E-state index contributed by atoms with van der Waals surface area (Å²) in [5.41, 5.74) is 0.746. The highest BCUT2D eigenvalue weighted by Crippen LogP contribution is 2.26. The minimum absolute atomic E-state index is 0.285. The van der Waals surface area contributed by atoms with Gasteiger partial charge in [0.2, 0.25) is 0 Å². The van der Waals surface area contributed by atoms with Crippen molar-refractivity contribution in [3.63, 3.8) is 0 Å². The molecule has 7 heteroatoms. The molecule has 29 heavy (non-hydrogen) atoms. The summed E-state index contributed by atoms with van der Waals surface area (Å²) < 4.78 is 5.51. The average molecular weight is 389 g/mol. The lowest BCUT2D eigenvalue weighted by atomic mass is 9.91. The zero-order chi connectivity index (χ0) is 20.4. The van der Waals surface area contributed by atoms with E-state index in [9.17, 15) is 14.4 Å². The van der Waals surface area contributed by atoms with E-state index in [1.54, 1.807) is 43.5 Å². The predicted octanol–water partition coefficient (Wildman–Crippen LogP) is 2.85. The Labute approximate surface area is 167 Å². The van der Waals surface area contributed by atoms with Gasteiger partial charge in [-0.05, 0) is 42.3 Å². The van der Waals surface area contributed by atoms with Crippen LogP contribution in [0.3, 0.4) is 0 Å². The van der Waals surface area contributed by atoms with Gasteiger partial charge in [0, 0.05) is 5.56 Å². The van der Waals surface area contributed by atoms with Crippen LogP contribution >= 0.6 is 0 Å². The molecule has 2 atom stereocenters. The maximum Gasteiger partial charge on any atom is 0.322 e. The number of carbonyl (C=O) groups is 3. The van der Waals surface area contributed by atoms with Crippen LogP contribution in [-0.4, -0.2) is 17.8 Å². The maximum absolute atomic E-state index is 12.9. The normalized spacial score (nSPS) is 19.3. The Hall–Kier alpha value is -3.87. The number of nitrogens with one attached hydrogen (secondary N) is 3. The summed E-state index contributed by atoms with van der Waals surface area (Å²) in [6.45, 7) is 1.62. The first kappa shape index (κ1) is 18.5. The van der Waals surface area contributed by atoms with Crippen molar-refractivity contribution >= 4 is 17.8 Å². The smallest absolute Gasteiger partial charge is 0.322 e. The van der Waals surface area contributed by atoms with Crippen molar-refractivity contribution in [2.45, 2.75) is 18.5 Å². The molecule has 0 saturated carbocycles. The molecule has 2 unspecified atom stereocenters. The molecular formula is C22H19N3O4. The van der Waals surface area contributed by atoms with Gasteiger partial charge < -0.3 is 15.1 Å². The molecule has 7 nitrogen and oxygen atoms in total. The van der Waals surface area contributed by atoms with E-state index >= 15 is 0 Å². The molecule has 3 N–H and O–H groups in total. The summed E-state index contributed by atoms with van der Waals surface area (Å²) in [5.74, 6) is -0.0902. The van der Waals surface area contributed by atoms with Crippen LogP contribution < -0.4 is 16.0 Å². The molecule has 1 fully saturated rings. The monoisotopic (exact) mass is 389 g/mol. The lowest BCUT2D eigenvalue weighted by Gasteiger charge is -2.21. The Morgan fingerprint density at radius 1 is 1.00 bits per heavy atom. The van der Waals surface area contributed by atoms with Crippen LogP contribution in [0, 0.1) is 0 Å². The second-order valence-electron chi connectivity index (χ2n) is 6.94. The molecule has 2 heterocycles. The predicted molar refractivity (Wildman–Crippen MR) is 105 cm³/mol. The number of hydrogen-bond donors (Lipinski definition) is 3. The highest BCUT2D eigenvalue weighted by Gasteiger charge is 2.43. The van der Waals surface area contributed by atoms with E-state index in [1.165, 1.54) is 0 Å². The molecule has 3 aromatic rings. The van der Waals surface area contributed by atoms with Crippen molar-refractivity contribution in [2.24, 2.45) is 0 Å². The van der Waals surface area contributed by atoms with Crippen LogP contribution in [0.25, 0.3) is 0 Å². The Kier molecular flexibility index (Phi) is 4.64. The minimum atomic E-state index is -1.16. The summed E-state index contributed by atoms with van der Waals surface area (Å²) in [5, 5.41) is 7.81. The molecule has 1 saturated heterocycles. The van der Waals surface area contributed by atoms with Crippen molar-refractivity contribution in [1.29, 1.82) is 0 Å². The summed E-state index contributed by atoms with van der Waals surface area (Å²) in [6, 6.07) is 18.7. The third kappa shape index (κ3) is 3.50. The first-order valence-corrected chi connectivity index (χ1v) is 9.11. The molecule has 1 aliphatic rings. The lowest BCUT2D eigenvalue weighted by Crippen LogP contribution is -2.40. The molecule has 146 valence electrons. The number of furan rings is 1. The first-order chi connectivity index (χ1) is 14.0. The molecule has 2 aromatic carbocycles. The molecule has 1 aliphatic heterocycles. The van der Waals surface area contributed by atoms with Crippen LogP contribution in [0.1, 0.15) is 40.2 Å². The SMILES string of the molecule is CC1(c2ccc(C(=O)NC(c3ccccc3)c3ccco3)cc2)NC(=O)NC1=O. The van der Waals surface area contributed by atoms with Gasteiger partial charge in [-0.2, -0.15) is 0 Å². The fourth-order valence-corrected chi connectivity index (χ4v) is 3.34. The fourth-order valence-electron chi connectivity index (χ4n) is 3.34. The van der Waals surface area contributed by atoms with Crippen molar-refractivity contribution in [2.75, 3.05) is 0 Å². The molecular weight excluding hydrogens is 370 g/mol. The van der Waals surface area contributed by atoms with Crippen LogP contribution in [0.4, 0.5) is 4.79 Å². The third-order valence-corrected chi connectivity index (χ3v) is 5.01. The lowest BCUT2D eigenvalue weighted by molar-refractivity contribution is -0.123. The number of hydrogen-bond acceptors (Lipinski definition) is 4. The van der Waals surface area contributed by atoms with Gasteiger partial charge in [-0.3, -0.25) is 14.9 Å². The zero-order valence-corrected chi connectivity index (χ0v) is 15.6. The molecule has 0 aliphatic carbocycles. The van der Waals surface area contributed by atoms with E-state index in [2.05, 4.69) is 16.0 Å². The summed E-state index contributed by atoms with van der Waals surface area (Å²) in [4.78, 5) is 36.4. The molecule has 0 bridgehead atoms. The van der Waals surface area contributed by atoms with E-state index in [0.717, 1.165) is 5.56 Å². The van der Waals surface area contributed by atoms with Crippen molar-refractivity contribution in [3.8, 4) is 0 Å². The second-order valence-corrected chi connectivity index (χ2v) is 6.94. The van der Waals surface area contributed by atoms with E-state index in [4.69, 9.17) is 4.42 Å². The minimum Gasteiger partial charge on any atom is -0.467 e.